The molecule has 1 aliphatic carbocycles. The number of aromatic nitrogens is 1. The molecule has 3 N–H and O–H groups in total. The first kappa shape index (κ1) is 13.1. The molecular formula is C13H18ClN3O. The van der Waals surface area contributed by atoms with E-state index in [1.54, 1.807) is 6.07 Å². The largest absolute Gasteiger partial charge is 0.397 e. The molecule has 1 aromatic rings. The molecule has 1 heterocycles. The number of carbonyl (C=O) groups excluding carboxylic acids is 1. The van der Waals surface area contributed by atoms with E-state index >= 15 is 0 Å². The lowest BCUT2D eigenvalue weighted by Gasteiger charge is -2.27. The molecule has 4 nitrogen and oxygen atoms in total. The Morgan fingerprint density at radius 3 is 2.94 bits per heavy atom. The zero-order chi connectivity index (χ0) is 13.3. The number of rotatable bonds is 2. The molecule has 1 fully saturated rings. The molecule has 0 radical (unpaired) electrons. The second kappa shape index (κ2) is 4.76. The van der Waals surface area contributed by atoms with Gasteiger partial charge in [-0.05, 0) is 24.3 Å². The van der Waals surface area contributed by atoms with Crippen molar-refractivity contribution in [3.63, 3.8) is 0 Å². The molecule has 1 saturated carbocycles. The number of pyridine rings is 1. The van der Waals surface area contributed by atoms with Gasteiger partial charge in [0.15, 0.2) is 0 Å². The third-order valence-corrected chi connectivity index (χ3v) is 3.97. The number of hydrogen-bond acceptors (Lipinski definition) is 3. The molecule has 1 aliphatic rings. The van der Waals surface area contributed by atoms with Crippen molar-refractivity contribution < 1.29 is 4.79 Å². The van der Waals surface area contributed by atoms with Gasteiger partial charge in [-0.15, -0.1) is 0 Å². The quantitative estimate of drug-likeness (QED) is 0.810. The van der Waals surface area contributed by atoms with Crippen LogP contribution in [0.1, 0.15) is 43.5 Å². The van der Waals surface area contributed by atoms with Crippen molar-refractivity contribution in [3.05, 3.63) is 23.0 Å². The molecule has 0 saturated heterocycles. The summed E-state index contributed by atoms with van der Waals surface area (Å²) in [6.07, 6.45) is 4.71. The van der Waals surface area contributed by atoms with Gasteiger partial charge in [0.1, 0.15) is 5.15 Å². The minimum absolute atomic E-state index is 0.135. The topological polar surface area (TPSA) is 68.0 Å². The fourth-order valence-corrected chi connectivity index (χ4v) is 2.64. The van der Waals surface area contributed by atoms with Gasteiger partial charge >= 0.3 is 0 Å². The van der Waals surface area contributed by atoms with Gasteiger partial charge in [-0.1, -0.05) is 31.9 Å². The van der Waals surface area contributed by atoms with E-state index in [1.807, 2.05) is 0 Å². The average Bonchev–Trinajstić information content (AvgIpc) is 2.62. The van der Waals surface area contributed by atoms with Gasteiger partial charge in [-0.3, -0.25) is 4.79 Å². The van der Waals surface area contributed by atoms with Gasteiger partial charge in [0.05, 0.1) is 17.4 Å². The molecule has 1 atom stereocenters. The Balaban J connectivity index is 2.15. The van der Waals surface area contributed by atoms with Crippen LogP contribution in [0.4, 0.5) is 5.69 Å². The lowest BCUT2D eigenvalue weighted by molar-refractivity contribution is 0.0910. The van der Waals surface area contributed by atoms with Crippen LogP contribution in [0.25, 0.3) is 0 Å². The Morgan fingerprint density at radius 1 is 1.61 bits per heavy atom. The second-order valence-corrected chi connectivity index (χ2v) is 5.87. The number of nitrogen functional groups attached to an aromatic ring is 1. The summed E-state index contributed by atoms with van der Waals surface area (Å²) in [5.74, 6) is -0.195. The van der Waals surface area contributed by atoms with Crippen LogP contribution >= 0.6 is 11.6 Å². The smallest absolute Gasteiger partial charge is 0.254 e. The monoisotopic (exact) mass is 267 g/mol. The van der Waals surface area contributed by atoms with Gasteiger partial charge in [-0.25, -0.2) is 4.98 Å². The number of carbonyl (C=O) groups is 1. The predicted molar refractivity (Wildman–Crippen MR) is 72.5 cm³/mol. The minimum atomic E-state index is -0.195. The maximum Gasteiger partial charge on any atom is 0.254 e. The summed E-state index contributed by atoms with van der Waals surface area (Å²) in [4.78, 5) is 16.1. The first-order chi connectivity index (χ1) is 8.40. The Labute approximate surface area is 112 Å². The van der Waals surface area contributed by atoms with E-state index in [-0.39, 0.29) is 22.5 Å². The highest BCUT2D eigenvalue weighted by atomic mass is 35.5. The lowest BCUT2D eigenvalue weighted by atomic mass is 9.87. The molecule has 0 aromatic carbocycles. The Hall–Kier alpha value is -1.29. The van der Waals surface area contributed by atoms with Crippen LogP contribution in [0.3, 0.4) is 0 Å². The third kappa shape index (κ3) is 2.58. The first-order valence-electron chi connectivity index (χ1n) is 6.12. The summed E-state index contributed by atoms with van der Waals surface area (Å²) in [7, 11) is 0. The summed E-state index contributed by atoms with van der Waals surface area (Å²) in [5, 5.41) is 3.23. The molecule has 1 unspecified atom stereocenters. The maximum atomic E-state index is 12.2. The van der Waals surface area contributed by atoms with E-state index in [2.05, 4.69) is 24.1 Å². The second-order valence-electron chi connectivity index (χ2n) is 5.51. The summed E-state index contributed by atoms with van der Waals surface area (Å²) < 4.78 is 0. The maximum absolute atomic E-state index is 12.2. The number of nitrogens with one attached hydrogen (secondary N) is 1. The number of amides is 1. The fourth-order valence-electron chi connectivity index (χ4n) is 2.45. The zero-order valence-electron chi connectivity index (χ0n) is 10.7. The van der Waals surface area contributed by atoms with E-state index in [1.165, 1.54) is 6.20 Å². The lowest BCUT2D eigenvalue weighted by Crippen LogP contribution is -2.41. The molecule has 1 amide bonds. The Morgan fingerprint density at radius 2 is 2.33 bits per heavy atom. The van der Waals surface area contributed by atoms with Crippen molar-refractivity contribution in [2.24, 2.45) is 5.41 Å². The van der Waals surface area contributed by atoms with E-state index in [9.17, 15) is 4.79 Å². The standard InChI is InChI=1S/C13H18ClN3O/c1-13(2)5-3-4-10(13)17-12(18)9-6-8(15)7-16-11(9)14/h6-7,10H,3-5,15H2,1-2H3,(H,17,18). The van der Waals surface area contributed by atoms with Crippen molar-refractivity contribution in [1.82, 2.24) is 10.3 Å². The number of nitrogens with two attached hydrogens (primary N) is 1. The summed E-state index contributed by atoms with van der Waals surface area (Å²) >= 11 is 5.92. The summed E-state index contributed by atoms with van der Waals surface area (Å²) in [6.45, 7) is 4.34. The van der Waals surface area contributed by atoms with Crippen molar-refractivity contribution in [1.29, 1.82) is 0 Å². The van der Waals surface area contributed by atoms with Crippen LogP contribution in [0.15, 0.2) is 12.3 Å². The van der Waals surface area contributed by atoms with Crippen molar-refractivity contribution in [2.45, 2.75) is 39.2 Å². The zero-order valence-corrected chi connectivity index (χ0v) is 11.4. The SMILES string of the molecule is CC1(C)CCCC1NC(=O)c1cc(N)cnc1Cl. The van der Waals surface area contributed by atoms with Crippen LogP contribution in [-0.4, -0.2) is 16.9 Å². The Kier molecular flexibility index (Phi) is 3.48. The number of hydrogen-bond donors (Lipinski definition) is 2. The molecular weight excluding hydrogens is 250 g/mol. The summed E-state index contributed by atoms with van der Waals surface area (Å²) in [5.41, 5.74) is 6.55. The van der Waals surface area contributed by atoms with E-state index < -0.39 is 0 Å². The van der Waals surface area contributed by atoms with Crippen molar-refractivity contribution in [3.8, 4) is 0 Å². The molecule has 98 valence electrons. The van der Waals surface area contributed by atoms with Crippen LogP contribution in [0.2, 0.25) is 5.15 Å². The fraction of sp³-hybridized carbons (Fsp3) is 0.538. The highest BCUT2D eigenvalue weighted by Gasteiger charge is 2.35. The van der Waals surface area contributed by atoms with Crippen molar-refractivity contribution >= 4 is 23.2 Å². The van der Waals surface area contributed by atoms with E-state index in [4.69, 9.17) is 17.3 Å². The van der Waals surface area contributed by atoms with E-state index in [0.29, 0.717) is 11.3 Å². The van der Waals surface area contributed by atoms with E-state index in [0.717, 1.165) is 19.3 Å². The molecule has 0 bridgehead atoms. The normalized spacial score (nSPS) is 21.8. The van der Waals surface area contributed by atoms with Crippen LogP contribution in [-0.2, 0) is 0 Å². The van der Waals surface area contributed by atoms with Gasteiger partial charge in [0, 0.05) is 6.04 Å². The van der Waals surface area contributed by atoms with Crippen molar-refractivity contribution in [2.75, 3.05) is 5.73 Å². The highest BCUT2D eigenvalue weighted by molar-refractivity contribution is 6.32. The van der Waals surface area contributed by atoms with Crippen LogP contribution < -0.4 is 11.1 Å². The molecule has 0 spiro atoms. The number of anilines is 1. The van der Waals surface area contributed by atoms with Gasteiger partial charge in [-0.2, -0.15) is 0 Å². The molecule has 2 rings (SSSR count). The minimum Gasteiger partial charge on any atom is -0.397 e. The molecule has 0 aliphatic heterocycles. The highest BCUT2D eigenvalue weighted by Crippen LogP contribution is 2.37. The molecule has 1 aromatic heterocycles. The van der Waals surface area contributed by atoms with Gasteiger partial charge in [0.25, 0.3) is 5.91 Å². The van der Waals surface area contributed by atoms with Crippen LogP contribution in [0, 0.1) is 5.41 Å². The Bertz CT molecular complexity index is 473. The average molecular weight is 268 g/mol. The molecule has 18 heavy (non-hydrogen) atoms. The van der Waals surface area contributed by atoms with Crippen LogP contribution in [0.5, 0.6) is 0 Å². The number of halogens is 1. The summed E-state index contributed by atoms with van der Waals surface area (Å²) in [6, 6.07) is 1.74. The number of nitrogens with zero attached hydrogens (tertiary/aromatic N) is 1. The third-order valence-electron chi connectivity index (χ3n) is 3.67. The predicted octanol–water partition coefficient (Wildman–Crippen LogP) is 2.63. The van der Waals surface area contributed by atoms with Gasteiger partial charge in [0.2, 0.25) is 0 Å². The first-order valence-corrected chi connectivity index (χ1v) is 6.50. The van der Waals surface area contributed by atoms with Gasteiger partial charge < -0.3 is 11.1 Å². The molecule has 5 heteroatoms.